The first-order chi connectivity index (χ1) is 11.6. The number of carbonyl (C=O) groups is 2. The second kappa shape index (κ2) is 9.28. The van der Waals surface area contributed by atoms with Crippen molar-refractivity contribution in [3.8, 4) is 6.07 Å². The second-order valence-corrected chi connectivity index (χ2v) is 6.06. The standard InChI is InChI=1S/C17H25N3O4/c1-2-23-17(22)13-5-7-20(8-6-13)12-14(10-18)16(21)19-11-15-4-3-9-24-15/h12-13,15H,2-9,11H2,1H3,(H,19,21)/b14-12-. The summed E-state index contributed by atoms with van der Waals surface area (Å²) in [7, 11) is 0. The molecular weight excluding hydrogens is 310 g/mol. The molecule has 2 saturated heterocycles. The molecule has 2 fully saturated rings. The minimum absolute atomic E-state index is 0.0502. The SMILES string of the molecule is CCOC(=O)C1CCN(/C=C(/C#N)C(=O)NCC2CCCO2)CC1. The van der Waals surface area contributed by atoms with Gasteiger partial charge in [0.05, 0.1) is 18.6 Å². The molecule has 2 aliphatic heterocycles. The molecule has 0 aliphatic carbocycles. The van der Waals surface area contributed by atoms with Crippen molar-refractivity contribution in [2.45, 2.75) is 38.7 Å². The van der Waals surface area contributed by atoms with Gasteiger partial charge in [0, 0.05) is 32.4 Å². The van der Waals surface area contributed by atoms with Gasteiger partial charge in [-0.3, -0.25) is 9.59 Å². The molecular formula is C17H25N3O4. The summed E-state index contributed by atoms with van der Waals surface area (Å²) in [5.74, 6) is -0.620. The van der Waals surface area contributed by atoms with E-state index >= 15 is 0 Å². The van der Waals surface area contributed by atoms with Crippen LogP contribution in [0.1, 0.15) is 32.6 Å². The molecule has 0 spiro atoms. The lowest BCUT2D eigenvalue weighted by atomic mass is 9.97. The Labute approximate surface area is 142 Å². The van der Waals surface area contributed by atoms with Crippen molar-refractivity contribution in [3.05, 3.63) is 11.8 Å². The van der Waals surface area contributed by atoms with Crippen molar-refractivity contribution in [2.75, 3.05) is 32.8 Å². The third kappa shape index (κ3) is 5.24. The summed E-state index contributed by atoms with van der Waals surface area (Å²) in [6.07, 6.45) is 4.93. The monoisotopic (exact) mass is 335 g/mol. The lowest BCUT2D eigenvalue weighted by Gasteiger charge is -2.30. The second-order valence-electron chi connectivity index (χ2n) is 6.06. The van der Waals surface area contributed by atoms with Crippen LogP contribution in [0, 0.1) is 17.2 Å². The van der Waals surface area contributed by atoms with Crippen molar-refractivity contribution in [1.29, 1.82) is 5.26 Å². The smallest absolute Gasteiger partial charge is 0.309 e. The molecule has 1 N–H and O–H groups in total. The molecule has 7 heteroatoms. The van der Waals surface area contributed by atoms with E-state index in [2.05, 4.69) is 5.32 Å². The van der Waals surface area contributed by atoms with Gasteiger partial charge >= 0.3 is 5.97 Å². The predicted molar refractivity (Wildman–Crippen MR) is 86.6 cm³/mol. The fraction of sp³-hybridized carbons (Fsp3) is 0.706. The number of ether oxygens (including phenoxy) is 2. The Morgan fingerprint density at radius 3 is 2.71 bits per heavy atom. The van der Waals surface area contributed by atoms with Crippen molar-refractivity contribution in [3.63, 3.8) is 0 Å². The molecule has 0 aromatic rings. The van der Waals surface area contributed by atoms with Gasteiger partial charge < -0.3 is 19.7 Å². The lowest BCUT2D eigenvalue weighted by molar-refractivity contribution is -0.149. The van der Waals surface area contributed by atoms with Crippen LogP contribution in [0.15, 0.2) is 11.8 Å². The van der Waals surface area contributed by atoms with Crippen molar-refractivity contribution >= 4 is 11.9 Å². The molecule has 7 nitrogen and oxygen atoms in total. The van der Waals surface area contributed by atoms with Crippen LogP contribution in [-0.4, -0.2) is 55.7 Å². The summed E-state index contributed by atoms with van der Waals surface area (Å²) in [6, 6.07) is 1.95. The van der Waals surface area contributed by atoms with Crippen LogP contribution >= 0.6 is 0 Å². The fourth-order valence-corrected chi connectivity index (χ4v) is 2.95. The Kier molecular flexibility index (Phi) is 7.07. The zero-order chi connectivity index (χ0) is 17.4. The molecule has 0 saturated carbocycles. The minimum Gasteiger partial charge on any atom is -0.466 e. The number of nitrogens with zero attached hydrogens (tertiary/aromatic N) is 2. The molecule has 1 atom stereocenters. The predicted octanol–water partition coefficient (Wildman–Crippen LogP) is 0.964. The number of nitrogens with one attached hydrogen (secondary N) is 1. The van der Waals surface area contributed by atoms with Crippen LogP contribution in [0.2, 0.25) is 0 Å². The summed E-state index contributed by atoms with van der Waals surface area (Å²) in [4.78, 5) is 25.7. The van der Waals surface area contributed by atoms with E-state index in [0.717, 1.165) is 19.4 Å². The molecule has 2 rings (SSSR count). The van der Waals surface area contributed by atoms with Gasteiger partial charge in [0.25, 0.3) is 5.91 Å². The third-order valence-corrected chi connectivity index (χ3v) is 4.34. The van der Waals surface area contributed by atoms with Gasteiger partial charge in [-0.05, 0) is 32.6 Å². The molecule has 132 valence electrons. The number of esters is 1. The number of nitriles is 1. The lowest BCUT2D eigenvalue weighted by Crippen LogP contribution is -2.36. The maximum atomic E-state index is 12.1. The van der Waals surface area contributed by atoms with Crippen LogP contribution in [0.5, 0.6) is 0 Å². The van der Waals surface area contributed by atoms with E-state index in [9.17, 15) is 14.9 Å². The van der Waals surface area contributed by atoms with Gasteiger partial charge in [-0.1, -0.05) is 0 Å². The Hall–Kier alpha value is -2.07. The van der Waals surface area contributed by atoms with E-state index < -0.39 is 0 Å². The van der Waals surface area contributed by atoms with Gasteiger partial charge in [0.15, 0.2) is 0 Å². The van der Waals surface area contributed by atoms with E-state index in [1.807, 2.05) is 11.0 Å². The summed E-state index contributed by atoms with van der Waals surface area (Å²) < 4.78 is 10.5. The number of likely N-dealkylation sites (tertiary alicyclic amines) is 1. The Bertz CT molecular complexity index is 512. The maximum Gasteiger partial charge on any atom is 0.309 e. The van der Waals surface area contributed by atoms with Gasteiger partial charge in [-0.2, -0.15) is 5.26 Å². The molecule has 2 aliphatic rings. The number of carbonyl (C=O) groups excluding carboxylic acids is 2. The van der Waals surface area contributed by atoms with E-state index in [0.29, 0.717) is 39.1 Å². The molecule has 0 aromatic carbocycles. The molecule has 2 heterocycles. The first kappa shape index (κ1) is 18.3. The van der Waals surface area contributed by atoms with E-state index in [1.165, 1.54) is 0 Å². The molecule has 1 unspecified atom stereocenters. The minimum atomic E-state index is -0.375. The quantitative estimate of drug-likeness (QED) is 0.442. The number of rotatable bonds is 6. The number of hydrogen-bond acceptors (Lipinski definition) is 6. The fourth-order valence-electron chi connectivity index (χ4n) is 2.95. The van der Waals surface area contributed by atoms with Gasteiger partial charge in [0.2, 0.25) is 0 Å². The zero-order valence-corrected chi connectivity index (χ0v) is 14.1. The van der Waals surface area contributed by atoms with Crippen LogP contribution in [-0.2, 0) is 19.1 Å². The first-order valence-electron chi connectivity index (χ1n) is 8.56. The topological polar surface area (TPSA) is 91.7 Å². The van der Waals surface area contributed by atoms with Crippen LogP contribution in [0.3, 0.4) is 0 Å². The summed E-state index contributed by atoms with van der Waals surface area (Å²) in [5.41, 5.74) is 0.0857. The van der Waals surface area contributed by atoms with Crippen LogP contribution < -0.4 is 5.32 Å². The molecule has 1 amide bonds. The van der Waals surface area contributed by atoms with Gasteiger partial charge in [0.1, 0.15) is 11.6 Å². The van der Waals surface area contributed by atoms with E-state index in [1.54, 1.807) is 13.1 Å². The molecule has 0 aromatic heterocycles. The highest BCUT2D eigenvalue weighted by molar-refractivity contribution is 5.97. The highest BCUT2D eigenvalue weighted by atomic mass is 16.5. The Morgan fingerprint density at radius 1 is 1.38 bits per heavy atom. The zero-order valence-electron chi connectivity index (χ0n) is 14.1. The highest BCUT2D eigenvalue weighted by Gasteiger charge is 2.25. The summed E-state index contributed by atoms with van der Waals surface area (Å²) >= 11 is 0. The summed E-state index contributed by atoms with van der Waals surface area (Å²) in [6.45, 7) is 4.62. The largest absolute Gasteiger partial charge is 0.466 e. The number of piperidine rings is 1. The Morgan fingerprint density at radius 2 is 2.12 bits per heavy atom. The van der Waals surface area contributed by atoms with Crippen molar-refractivity contribution in [2.24, 2.45) is 5.92 Å². The van der Waals surface area contributed by atoms with Crippen LogP contribution in [0.25, 0.3) is 0 Å². The highest BCUT2D eigenvalue weighted by Crippen LogP contribution is 2.19. The maximum absolute atomic E-state index is 12.1. The Balaban J connectivity index is 1.81. The average molecular weight is 335 g/mol. The third-order valence-electron chi connectivity index (χ3n) is 4.34. The van der Waals surface area contributed by atoms with E-state index in [4.69, 9.17) is 9.47 Å². The average Bonchev–Trinajstić information content (AvgIpc) is 3.12. The van der Waals surface area contributed by atoms with Crippen molar-refractivity contribution in [1.82, 2.24) is 10.2 Å². The first-order valence-corrected chi connectivity index (χ1v) is 8.56. The molecule has 0 radical (unpaired) electrons. The number of amides is 1. The summed E-state index contributed by atoms with van der Waals surface area (Å²) in [5, 5.41) is 12.0. The van der Waals surface area contributed by atoms with E-state index in [-0.39, 0.29) is 29.5 Å². The van der Waals surface area contributed by atoms with Gasteiger partial charge in [-0.15, -0.1) is 0 Å². The van der Waals surface area contributed by atoms with Crippen molar-refractivity contribution < 1.29 is 19.1 Å². The number of hydrogen-bond donors (Lipinski definition) is 1. The molecule has 24 heavy (non-hydrogen) atoms. The van der Waals surface area contributed by atoms with Gasteiger partial charge in [-0.25, -0.2) is 0 Å². The normalized spacial score (nSPS) is 22.1. The molecule has 0 bridgehead atoms. The van der Waals surface area contributed by atoms with Crippen LogP contribution in [0.4, 0.5) is 0 Å².